The summed E-state index contributed by atoms with van der Waals surface area (Å²) in [6, 6.07) is 20.2. The van der Waals surface area contributed by atoms with Crippen molar-refractivity contribution in [3.05, 3.63) is 96.5 Å². The molecule has 3 aromatic carbocycles. The minimum atomic E-state index is -0.511. The predicted octanol–water partition coefficient (Wildman–Crippen LogP) is 7.13. The third kappa shape index (κ3) is 6.26. The van der Waals surface area contributed by atoms with Gasteiger partial charge < -0.3 is 10.1 Å². The van der Waals surface area contributed by atoms with Crippen LogP contribution in [0.1, 0.15) is 23.6 Å². The highest BCUT2D eigenvalue weighted by molar-refractivity contribution is 14.1. The van der Waals surface area contributed by atoms with E-state index >= 15 is 0 Å². The van der Waals surface area contributed by atoms with E-state index in [1.807, 2.05) is 49.4 Å². The minimum absolute atomic E-state index is 0.0259. The number of ether oxygens (including phenoxy) is 1. The molecule has 7 heteroatoms. The summed E-state index contributed by atoms with van der Waals surface area (Å²) in [6.07, 6.45) is 2.15. The second-order valence-corrected chi connectivity index (χ2v) is 8.82. The van der Waals surface area contributed by atoms with Gasteiger partial charge in [-0.25, -0.2) is 0 Å². The third-order valence-corrected chi connectivity index (χ3v) is 6.13. The first-order valence-electron chi connectivity index (χ1n) is 9.78. The van der Waals surface area contributed by atoms with Gasteiger partial charge in [0.15, 0.2) is 0 Å². The summed E-state index contributed by atoms with van der Waals surface area (Å²) >= 11 is 14.5. The Labute approximate surface area is 210 Å². The lowest BCUT2D eigenvalue weighted by atomic mass is 10.0. The summed E-state index contributed by atoms with van der Waals surface area (Å²) in [4.78, 5) is 12.6. The number of nitrogens with zero attached hydrogens (tertiary/aromatic N) is 1. The molecule has 1 N–H and O–H groups in total. The molecule has 0 radical (unpaired) electrons. The van der Waals surface area contributed by atoms with E-state index in [4.69, 9.17) is 27.9 Å². The summed E-state index contributed by atoms with van der Waals surface area (Å²) in [5, 5.41) is 13.4. The Hall–Kier alpha value is -2.53. The molecule has 0 bridgehead atoms. The van der Waals surface area contributed by atoms with Crippen molar-refractivity contribution in [2.24, 2.45) is 0 Å². The third-order valence-electron chi connectivity index (χ3n) is 4.56. The van der Waals surface area contributed by atoms with Gasteiger partial charge in [0.25, 0.3) is 5.91 Å². The van der Waals surface area contributed by atoms with Crippen LogP contribution < -0.4 is 10.1 Å². The Balaban J connectivity index is 1.92. The van der Waals surface area contributed by atoms with E-state index in [0.29, 0.717) is 40.1 Å². The number of anilines is 1. The number of rotatable bonds is 7. The molecular formula is C25H19Cl2IN2O2. The van der Waals surface area contributed by atoms with Crippen LogP contribution in [-0.2, 0) is 11.2 Å². The van der Waals surface area contributed by atoms with Gasteiger partial charge in [-0.05, 0) is 83.1 Å². The number of carbonyl (C=O) groups excluding carboxylic acids is 1. The molecule has 0 heterocycles. The Bertz CT molecular complexity index is 1220. The summed E-state index contributed by atoms with van der Waals surface area (Å²) in [7, 11) is 0. The van der Waals surface area contributed by atoms with Crippen molar-refractivity contribution in [1.82, 2.24) is 0 Å². The van der Waals surface area contributed by atoms with Gasteiger partial charge >= 0.3 is 0 Å². The lowest BCUT2D eigenvalue weighted by Crippen LogP contribution is -2.13. The number of hydrogen-bond acceptors (Lipinski definition) is 3. The lowest BCUT2D eigenvalue weighted by molar-refractivity contribution is -0.112. The van der Waals surface area contributed by atoms with Crippen LogP contribution in [0.15, 0.2) is 66.2 Å². The molecule has 162 valence electrons. The molecule has 0 fully saturated rings. The fourth-order valence-electron chi connectivity index (χ4n) is 3.08. The van der Waals surface area contributed by atoms with E-state index < -0.39 is 5.91 Å². The number of benzene rings is 3. The Kier molecular flexibility index (Phi) is 8.57. The van der Waals surface area contributed by atoms with Gasteiger partial charge in [-0.3, -0.25) is 4.79 Å². The van der Waals surface area contributed by atoms with Crippen LogP contribution in [0.25, 0.3) is 6.08 Å². The molecule has 0 aliphatic heterocycles. The van der Waals surface area contributed by atoms with Crippen LogP contribution in [0.3, 0.4) is 0 Å². The van der Waals surface area contributed by atoms with E-state index in [9.17, 15) is 10.1 Å². The van der Waals surface area contributed by atoms with Crippen LogP contribution in [0, 0.1) is 14.9 Å². The largest absolute Gasteiger partial charge is 0.494 e. The number of hydrogen-bond donors (Lipinski definition) is 1. The predicted molar refractivity (Wildman–Crippen MR) is 138 cm³/mol. The Morgan fingerprint density at radius 2 is 1.94 bits per heavy atom. The molecule has 0 aromatic heterocycles. The standard InChI is InChI=1S/C25H19Cl2IN2O2/c1-2-32-24-12-16(11-23(28)21(24)13-17-6-3-4-9-22(17)27)10-18(15-29)25(31)30-20-8-5-7-19(26)14-20/h3-12,14H,2,13H2,1H3,(H,30,31)/b18-10+. The van der Waals surface area contributed by atoms with Gasteiger partial charge in [0.2, 0.25) is 0 Å². The molecule has 32 heavy (non-hydrogen) atoms. The topological polar surface area (TPSA) is 62.1 Å². The molecular weight excluding hydrogens is 558 g/mol. The van der Waals surface area contributed by atoms with Crippen molar-refractivity contribution < 1.29 is 9.53 Å². The van der Waals surface area contributed by atoms with E-state index in [2.05, 4.69) is 27.9 Å². The quantitative estimate of drug-likeness (QED) is 0.185. The highest BCUT2D eigenvalue weighted by Crippen LogP contribution is 2.31. The Morgan fingerprint density at radius 3 is 2.62 bits per heavy atom. The molecule has 3 aromatic rings. The normalized spacial score (nSPS) is 11.0. The van der Waals surface area contributed by atoms with Crippen LogP contribution in [0.5, 0.6) is 5.75 Å². The minimum Gasteiger partial charge on any atom is -0.494 e. The summed E-state index contributed by atoms with van der Waals surface area (Å²) < 4.78 is 6.83. The van der Waals surface area contributed by atoms with Gasteiger partial charge in [0.05, 0.1) is 6.61 Å². The average molecular weight is 577 g/mol. The number of nitrogens with one attached hydrogen (secondary N) is 1. The van der Waals surface area contributed by atoms with E-state index in [1.54, 1.807) is 30.3 Å². The summed E-state index contributed by atoms with van der Waals surface area (Å²) in [5.74, 6) is 0.181. The molecule has 0 saturated carbocycles. The van der Waals surface area contributed by atoms with Crippen molar-refractivity contribution >= 4 is 63.5 Å². The molecule has 0 spiro atoms. The van der Waals surface area contributed by atoms with Crippen LogP contribution in [-0.4, -0.2) is 12.5 Å². The van der Waals surface area contributed by atoms with Gasteiger partial charge in [0.1, 0.15) is 17.4 Å². The van der Waals surface area contributed by atoms with Crippen molar-refractivity contribution in [2.45, 2.75) is 13.3 Å². The zero-order valence-electron chi connectivity index (χ0n) is 17.2. The lowest BCUT2D eigenvalue weighted by Gasteiger charge is -2.15. The number of halogens is 3. The maximum atomic E-state index is 12.6. The van der Waals surface area contributed by atoms with Crippen LogP contribution in [0.2, 0.25) is 10.0 Å². The highest BCUT2D eigenvalue weighted by atomic mass is 127. The van der Waals surface area contributed by atoms with Gasteiger partial charge in [-0.1, -0.05) is 47.5 Å². The molecule has 4 nitrogen and oxygen atoms in total. The second-order valence-electron chi connectivity index (χ2n) is 6.81. The number of amides is 1. The molecule has 3 rings (SSSR count). The average Bonchev–Trinajstić information content (AvgIpc) is 2.75. The summed E-state index contributed by atoms with van der Waals surface area (Å²) in [5.41, 5.74) is 3.18. The highest BCUT2D eigenvalue weighted by Gasteiger charge is 2.15. The molecule has 0 unspecified atom stereocenters. The van der Waals surface area contributed by atoms with Crippen molar-refractivity contribution in [1.29, 1.82) is 5.26 Å². The zero-order chi connectivity index (χ0) is 23.1. The van der Waals surface area contributed by atoms with Crippen molar-refractivity contribution in [3.63, 3.8) is 0 Å². The SMILES string of the molecule is CCOc1cc(/C=C(\C#N)C(=O)Nc2cccc(Cl)c2)cc(I)c1Cc1ccccc1Cl. The van der Waals surface area contributed by atoms with Gasteiger partial charge in [-0.2, -0.15) is 5.26 Å². The summed E-state index contributed by atoms with van der Waals surface area (Å²) in [6.45, 7) is 2.40. The van der Waals surface area contributed by atoms with Gasteiger partial charge in [0, 0.05) is 31.3 Å². The first-order chi connectivity index (χ1) is 15.4. The Morgan fingerprint density at radius 1 is 1.16 bits per heavy atom. The first kappa shape index (κ1) is 24.1. The molecule has 0 atom stereocenters. The second kappa shape index (κ2) is 11.4. The molecule has 1 amide bonds. The fourth-order valence-corrected chi connectivity index (χ4v) is 4.29. The monoisotopic (exact) mass is 576 g/mol. The maximum Gasteiger partial charge on any atom is 0.266 e. The molecule has 0 saturated heterocycles. The van der Waals surface area contributed by atoms with Crippen LogP contribution in [0.4, 0.5) is 5.69 Å². The van der Waals surface area contributed by atoms with E-state index in [1.165, 1.54) is 0 Å². The maximum absolute atomic E-state index is 12.6. The number of carbonyl (C=O) groups is 1. The molecule has 0 aliphatic rings. The van der Waals surface area contributed by atoms with Crippen molar-refractivity contribution in [3.8, 4) is 11.8 Å². The van der Waals surface area contributed by atoms with Gasteiger partial charge in [-0.15, -0.1) is 0 Å². The zero-order valence-corrected chi connectivity index (χ0v) is 20.8. The first-order valence-corrected chi connectivity index (χ1v) is 11.6. The number of nitriles is 1. The van der Waals surface area contributed by atoms with Crippen LogP contribution >= 0.6 is 45.8 Å². The van der Waals surface area contributed by atoms with E-state index in [-0.39, 0.29) is 5.57 Å². The van der Waals surface area contributed by atoms with Crippen molar-refractivity contribution in [2.75, 3.05) is 11.9 Å². The van der Waals surface area contributed by atoms with E-state index in [0.717, 1.165) is 14.7 Å². The smallest absolute Gasteiger partial charge is 0.266 e. The fraction of sp³-hybridized carbons (Fsp3) is 0.120. The molecule has 0 aliphatic carbocycles.